The van der Waals surface area contributed by atoms with E-state index < -0.39 is 7.12 Å². The van der Waals surface area contributed by atoms with Crippen molar-refractivity contribution < 1.29 is 9.31 Å². The Hall–Kier alpha value is -0.525. The summed E-state index contributed by atoms with van der Waals surface area (Å²) >= 11 is 0. The van der Waals surface area contributed by atoms with Crippen molar-refractivity contribution in [2.75, 3.05) is 13.2 Å². The molecule has 0 heterocycles. The first-order valence-corrected chi connectivity index (χ1v) is 5.27. The summed E-state index contributed by atoms with van der Waals surface area (Å²) in [5, 5.41) is 8.82. The van der Waals surface area contributed by atoms with E-state index in [2.05, 4.69) is 41.5 Å². The van der Waals surface area contributed by atoms with E-state index >= 15 is 0 Å². The lowest BCUT2D eigenvalue weighted by Gasteiger charge is -2.22. The van der Waals surface area contributed by atoms with Crippen LogP contribution >= 0.6 is 0 Å². The second-order valence-corrected chi connectivity index (χ2v) is 6.20. The Labute approximate surface area is 93.9 Å². The van der Waals surface area contributed by atoms with Crippen molar-refractivity contribution in [1.82, 2.24) is 0 Å². The van der Waals surface area contributed by atoms with Crippen LogP contribution < -0.4 is 0 Å². The van der Waals surface area contributed by atoms with Gasteiger partial charge in [-0.25, -0.2) is 5.26 Å². The Kier molecular flexibility index (Phi) is 5.34. The van der Waals surface area contributed by atoms with E-state index in [9.17, 15) is 0 Å². The van der Waals surface area contributed by atoms with Crippen LogP contribution in [0.5, 0.6) is 0 Å². The number of nitrogens with zero attached hydrogens (tertiary/aromatic N) is 1. The van der Waals surface area contributed by atoms with Crippen molar-refractivity contribution in [2.24, 2.45) is 10.8 Å². The summed E-state index contributed by atoms with van der Waals surface area (Å²) in [7, 11) is -0.747. The largest absolute Gasteiger partial charge is 0.578 e. The Morgan fingerprint density at radius 3 is 1.47 bits per heavy atom. The van der Waals surface area contributed by atoms with E-state index in [1.165, 1.54) is 0 Å². The molecule has 0 aromatic heterocycles. The SMILES string of the molecule is CC(C)(C)COB(C#N)OCC(C)(C)C. The summed E-state index contributed by atoms with van der Waals surface area (Å²) in [6, 6.07) is 0. The first-order chi connectivity index (χ1) is 6.64. The maximum Gasteiger partial charge on any atom is 0.578 e. The topological polar surface area (TPSA) is 42.2 Å². The van der Waals surface area contributed by atoms with Gasteiger partial charge in [0.05, 0.1) is 5.97 Å². The molecular formula is C11H22BNO2. The van der Waals surface area contributed by atoms with Gasteiger partial charge in [0.2, 0.25) is 0 Å². The molecule has 0 aromatic rings. The van der Waals surface area contributed by atoms with Gasteiger partial charge in [-0.1, -0.05) is 41.5 Å². The number of nitriles is 1. The van der Waals surface area contributed by atoms with Crippen LogP contribution in [0.1, 0.15) is 41.5 Å². The third-order valence-electron chi connectivity index (χ3n) is 1.44. The molecule has 86 valence electrons. The zero-order valence-electron chi connectivity index (χ0n) is 10.8. The normalized spacial score (nSPS) is 12.3. The summed E-state index contributed by atoms with van der Waals surface area (Å²) in [5.74, 6) is 2.00. The highest BCUT2D eigenvalue weighted by molar-refractivity contribution is 6.53. The van der Waals surface area contributed by atoms with Gasteiger partial charge in [-0.05, 0) is 10.8 Å². The maximum absolute atomic E-state index is 8.82. The van der Waals surface area contributed by atoms with Crippen LogP contribution in [-0.4, -0.2) is 20.3 Å². The van der Waals surface area contributed by atoms with E-state index in [4.69, 9.17) is 14.6 Å². The fourth-order valence-electron chi connectivity index (χ4n) is 0.774. The van der Waals surface area contributed by atoms with Crippen LogP contribution in [-0.2, 0) is 9.31 Å². The fraction of sp³-hybridized carbons (Fsp3) is 0.909. The Bertz CT molecular complexity index is 204. The predicted octanol–water partition coefficient (Wildman–Crippen LogP) is 2.66. The van der Waals surface area contributed by atoms with E-state index in [1.54, 1.807) is 0 Å². The van der Waals surface area contributed by atoms with Gasteiger partial charge in [-0.2, -0.15) is 0 Å². The number of hydrogen-bond donors (Lipinski definition) is 0. The molecule has 0 unspecified atom stereocenters. The fourth-order valence-corrected chi connectivity index (χ4v) is 0.774. The molecule has 0 N–H and O–H groups in total. The molecule has 4 heteroatoms. The summed E-state index contributed by atoms with van der Waals surface area (Å²) in [6.45, 7) is 13.4. The summed E-state index contributed by atoms with van der Waals surface area (Å²) in [6.07, 6.45) is 0. The predicted molar refractivity (Wildman–Crippen MR) is 62.2 cm³/mol. The molecule has 0 amide bonds. The van der Waals surface area contributed by atoms with Crippen LogP contribution in [0.25, 0.3) is 0 Å². The molecule has 0 rings (SSSR count). The van der Waals surface area contributed by atoms with Crippen LogP contribution in [0, 0.1) is 22.1 Å². The standard InChI is InChI=1S/C11H22BNO2/c1-10(2,3)7-14-12(9-13)15-8-11(4,5)6/h7-8H2,1-6H3. The van der Waals surface area contributed by atoms with Gasteiger partial charge < -0.3 is 9.31 Å². The zero-order chi connectivity index (χ0) is 12.1. The molecule has 0 saturated carbocycles. The van der Waals surface area contributed by atoms with Gasteiger partial charge in [-0.15, -0.1) is 0 Å². The van der Waals surface area contributed by atoms with Gasteiger partial charge in [0, 0.05) is 13.2 Å². The lowest BCUT2D eigenvalue weighted by molar-refractivity contribution is 0.120. The summed E-state index contributed by atoms with van der Waals surface area (Å²) in [5.41, 5.74) is 0.111. The molecular weight excluding hydrogens is 189 g/mol. The van der Waals surface area contributed by atoms with E-state index in [-0.39, 0.29) is 10.8 Å². The van der Waals surface area contributed by atoms with Crippen molar-refractivity contribution in [3.05, 3.63) is 0 Å². The minimum Gasteiger partial charge on any atom is -0.399 e. The highest BCUT2D eigenvalue weighted by Gasteiger charge is 2.24. The van der Waals surface area contributed by atoms with Crippen LogP contribution in [0.3, 0.4) is 0 Å². The molecule has 0 aromatic carbocycles. The zero-order valence-corrected chi connectivity index (χ0v) is 10.8. The van der Waals surface area contributed by atoms with Crippen molar-refractivity contribution in [2.45, 2.75) is 41.5 Å². The first kappa shape index (κ1) is 14.5. The molecule has 0 saturated heterocycles. The van der Waals surface area contributed by atoms with Gasteiger partial charge in [0.25, 0.3) is 0 Å². The highest BCUT2D eigenvalue weighted by atomic mass is 16.6. The quantitative estimate of drug-likeness (QED) is 0.671. The molecule has 0 aliphatic carbocycles. The van der Waals surface area contributed by atoms with Crippen LogP contribution in [0.15, 0.2) is 0 Å². The molecule has 0 radical (unpaired) electrons. The lowest BCUT2D eigenvalue weighted by Crippen LogP contribution is -2.30. The molecule has 0 bridgehead atoms. The molecule has 0 aliphatic heterocycles. The third kappa shape index (κ3) is 9.77. The molecule has 0 atom stereocenters. The average molecular weight is 211 g/mol. The first-order valence-electron chi connectivity index (χ1n) is 5.27. The molecule has 0 fully saturated rings. The van der Waals surface area contributed by atoms with Gasteiger partial charge in [-0.3, -0.25) is 0 Å². The molecule has 0 spiro atoms. The van der Waals surface area contributed by atoms with Gasteiger partial charge in [0.15, 0.2) is 0 Å². The lowest BCUT2D eigenvalue weighted by atomic mass is 9.89. The second-order valence-electron chi connectivity index (χ2n) is 6.20. The third-order valence-corrected chi connectivity index (χ3v) is 1.44. The van der Waals surface area contributed by atoms with Crippen LogP contribution in [0.2, 0.25) is 0 Å². The minimum atomic E-state index is -0.747. The smallest absolute Gasteiger partial charge is 0.399 e. The Morgan fingerprint density at radius 2 is 1.27 bits per heavy atom. The number of hydrogen-bond acceptors (Lipinski definition) is 3. The van der Waals surface area contributed by atoms with Crippen molar-refractivity contribution in [3.8, 4) is 5.97 Å². The van der Waals surface area contributed by atoms with Crippen molar-refractivity contribution >= 4 is 7.12 Å². The van der Waals surface area contributed by atoms with Crippen molar-refractivity contribution in [1.29, 1.82) is 5.26 Å². The highest BCUT2D eigenvalue weighted by Crippen LogP contribution is 2.16. The Balaban J connectivity index is 3.91. The average Bonchev–Trinajstić information content (AvgIpc) is 2.00. The van der Waals surface area contributed by atoms with Crippen molar-refractivity contribution in [3.63, 3.8) is 0 Å². The summed E-state index contributed by atoms with van der Waals surface area (Å²) in [4.78, 5) is 0. The van der Waals surface area contributed by atoms with E-state index in [0.717, 1.165) is 0 Å². The van der Waals surface area contributed by atoms with E-state index in [1.807, 2.05) is 5.97 Å². The molecule has 15 heavy (non-hydrogen) atoms. The second kappa shape index (κ2) is 5.53. The van der Waals surface area contributed by atoms with Gasteiger partial charge in [0.1, 0.15) is 0 Å². The monoisotopic (exact) mass is 211 g/mol. The van der Waals surface area contributed by atoms with Crippen LogP contribution in [0.4, 0.5) is 0 Å². The minimum absolute atomic E-state index is 0.0557. The van der Waals surface area contributed by atoms with Gasteiger partial charge >= 0.3 is 7.12 Å². The molecule has 0 aliphatic rings. The maximum atomic E-state index is 8.82. The summed E-state index contributed by atoms with van der Waals surface area (Å²) < 4.78 is 10.7. The number of rotatable bonds is 4. The Morgan fingerprint density at radius 1 is 0.933 bits per heavy atom. The molecule has 3 nitrogen and oxygen atoms in total. The van der Waals surface area contributed by atoms with E-state index in [0.29, 0.717) is 13.2 Å².